The first-order chi connectivity index (χ1) is 8.31. The SMILES string of the molecule is Brc1ccc(CN2CCCNC(C3CC3)C2)s1. The first kappa shape index (κ1) is 12.2. The number of hydrogen-bond donors (Lipinski definition) is 1. The van der Waals surface area contributed by atoms with Crippen molar-refractivity contribution in [1.82, 2.24) is 10.2 Å². The molecule has 0 aromatic carbocycles. The van der Waals surface area contributed by atoms with Crippen LogP contribution < -0.4 is 5.32 Å². The molecule has 2 heterocycles. The van der Waals surface area contributed by atoms with Gasteiger partial charge in [-0.1, -0.05) is 0 Å². The Bertz CT molecular complexity index is 375. The maximum absolute atomic E-state index is 3.72. The predicted molar refractivity (Wildman–Crippen MR) is 76.4 cm³/mol. The Kier molecular flexibility index (Phi) is 3.85. The summed E-state index contributed by atoms with van der Waals surface area (Å²) in [6.45, 7) is 4.80. The van der Waals surface area contributed by atoms with Crippen LogP contribution in [-0.2, 0) is 6.54 Å². The fourth-order valence-corrected chi connectivity index (χ4v) is 4.16. The van der Waals surface area contributed by atoms with Crippen LogP contribution in [0.25, 0.3) is 0 Å². The third kappa shape index (κ3) is 3.31. The molecule has 0 amide bonds. The van der Waals surface area contributed by atoms with Crippen molar-refractivity contribution in [2.75, 3.05) is 19.6 Å². The molecule has 1 aliphatic heterocycles. The highest BCUT2D eigenvalue weighted by molar-refractivity contribution is 9.11. The van der Waals surface area contributed by atoms with Crippen molar-refractivity contribution >= 4 is 27.3 Å². The molecule has 2 nitrogen and oxygen atoms in total. The molecule has 0 spiro atoms. The van der Waals surface area contributed by atoms with Crippen LogP contribution in [0.1, 0.15) is 24.1 Å². The quantitative estimate of drug-likeness (QED) is 0.922. The second kappa shape index (κ2) is 5.39. The van der Waals surface area contributed by atoms with Crippen molar-refractivity contribution in [2.45, 2.75) is 31.8 Å². The molecule has 1 aromatic heterocycles. The lowest BCUT2D eigenvalue weighted by Gasteiger charge is -2.23. The van der Waals surface area contributed by atoms with Crippen LogP contribution in [0.3, 0.4) is 0 Å². The lowest BCUT2D eigenvalue weighted by atomic mass is 10.2. The lowest BCUT2D eigenvalue weighted by molar-refractivity contribution is 0.253. The van der Waals surface area contributed by atoms with Gasteiger partial charge < -0.3 is 5.32 Å². The van der Waals surface area contributed by atoms with Crippen LogP contribution in [0.5, 0.6) is 0 Å². The Morgan fingerprint density at radius 2 is 2.29 bits per heavy atom. The summed E-state index contributed by atoms with van der Waals surface area (Å²) in [5.74, 6) is 0.964. The third-order valence-corrected chi connectivity index (χ3v) is 5.32. The first-order valence-corrected chi connectivity index (χ1v) is 8.12. The molecule has 0 radical (unpaired) electrons. The number of thiophene rings is 1. The number of rotatable bonds is 3. The molecule has 1 aromatic rings. The van der Waals surface area contributed by atoms with Gasteiger partial charge in [-0.15, -0.1) is 11.3 Å². The molecule has 1 saturated carbocycles. The van der Waals surface area contributed by atoms with E-state index in [-0.39, 0.29) is 0 Å². The summed E-state index contributed by atoms with van der Waals surface area (Å²) in [7, 11) is 0. The van der Waals surface area contributed by atoms with Crippen LogP contribution >= 0.6 is 27.3 Å². The van der Waals surface area contributed by atoms with E-state index >= 15 is 0 Å². The number of hydrogen-bond acceptors (Lipinski definition) is 3. The van der Waals surface area contributed by atoms with E-state index in [0.717, 1.165) is 18.5 Å². The maximum Gasteiger partial charge on any atom is 0.0701 e. The molecule has 1 saturated heterocycles. The van der Waals surface area contributed by atoms with E-state index in [9.17, 15) is 0 Å². The first-order valence-electron chi connectivity index (χ1n) is 6.51. The summed E-state index contributed by atoms with van der Waals surface area (Å²) in [6.07, 6.45) is 4.17. The predicted octanol–water partition coefficient (Wildman–Crippen LogP) is 3.08. The van der Waals surface area contributed by atoms with Gasteiger partial charge in [-0.25, -0.2) is 0 Å². The van der Waals surface area contributed by atoms with E-state index < -0.39 is 0 Å². The van der Waals surface area contributed by atoms with E-state index in [4.69, 9.17) is 0 Å². The van der Waals surface area contributed by atoms with Gasteiger partial charge in [0.2, 0.25) is 0 Å². The Hall–Kier alpha value is 0.1000. The molecule has 2 fully saturated rings. The molecule has 1 atom stereocenters. The third-order valence-electron chi connectivity index (χ3n) is 3.71. The van der Waals surface area contributed by atoms with Crippen molar-refractivity contribution in [2.24, 2.45) is 5.92 Å². The Labute approximate surface area is 116 Å². The van der Waals surface area contributed by atoms with Crippen molar-refractivity contribution < 1.29 is 0 Å². The average Bonchev–Trinajstić information content (AvgIpc) is 3.07. The molecule has 2 aliphatic rings. The highest BCUT2D eigenvalue weighted by Gasteiger charge is 2.32. The van der Waals surface area contributed by atoms with E-state index in [1.165, 1.54) is 47.6 Å². The smallest absolute Gasteiger partial charge is 0.0701 e. The summed E-state index contributed by atoms with van der Waals surface area (Å²) in [6, 6.07) is 5.16. The zero-order chi connectivity index (χ0) is 11.7. The van der Waals surface area contributed by atoms with Gasteiger partial charge in [0, 0.05) is 24.0 Å². The summed E-state index contributed by atoms with van der Waals surface area (Å²) in [5, 5.41) is 3.72. The summed E-state index contributed by atoms with van der Waals surface area (Å²) in [4.78, 5) is 4.11. The van der Waals surface area contributed by atoms with E-state index in [0.29, 0.717) is 0 Å². The largest absolute Gasteiger partial charge is 0.312 e. The van der Waals surface area contributed by atoms with Gasteiger partial charge in [0.25, 0.3) is 0 Å². The topological polar surface area (TPSA) is 15.3 Å². The van der Waals surface area contributed by atoms with Crippen LogP contribution in [0.2, 0.25) is 0 Å². The molecular formula is C13H19BrN2S. The molecule has 1 aliphatic carbocycles. The van der Waals surface area contributed by atoms with E-state index in [1.807, 2.05) is 11.3 Å². The number of halogens is 1. The molecule has 17 heavy (non-hydrogen) atoms. The highest BCUT2D eigenvalue weighted by atomic mass is 79.9. The molecule has 0 bridgehead atoms. The summed E-state index contributed by atoms with van der Waals surface area (Å²) in [5.41, 5.74) is 0. The Morgan fingerprint density at radius 3 is 3.00 bits per heavy atom. The van der Waals surface area contributed by atoms with Crippen molar-refractivity contribution in [3.63, 3.8) is 0 Å². The van der Waals surface area contributed by atoms with Gasteiger partial charge in [0.05, 0.1) is 3.79 Å². The summed E-state index contributed by atoms with van der Waals surface area (Å²) >= 11 is 5.41. The molecular weight excluding hydrogens is 296 g/mol. The standard InChI is InChI=1S/C13H19BrN2S/c14-13-5-4-11(17-13)8-16-7-1-6-15-12(9-16)10-2-3-10/h4-5,10,12,15H,1-3,6-9H2. The fourth-order valence-electron chi connectivity index (χ4n) is 2.64. The van der Waals surface area contributed by atoms with Gasteiger partial charge in [0.15, 0.2) is 0 Å². The minimum atomic E-state index is 0.751. The second-order valence-corrected chi connectivity index (χ2v) is 7.74. The van der Waals surface area contributed by atoms with Crippen LogP contribution in [-0.4, -0.2) is 30.6 Å². The van der Waals surface area contributed by atoms with Crippen molar-refractivity contribution in [3.05, 3.63) is 20.8 Å². The van der Waals surface area contributed by atoms with E-state index in [1.54, 1.807) is 0 Å². The second-order valence-electron chi connectivity index (χ2n) is 5.19. The van der Waals surface area contributed by atoms with Crippen molar-refractivity contribution in [1.29, 1.82) is 0 Å². The highest BCUT2D eigenvalue weighted by Crippen LogP contribution is 2.34. The van der Waals surface area contributed by atoms with Crippen LogP contribution in [0, 0.1) is 5.92 Å². The van der Waals surface area contributed by atoms with E-state index in [2.05, 4.69) is 38.3 Å². The molecule has 94 valence electrons. The molecule has 3 rings (SSSR count). The summed E-state index contributed by atoms with van der Waals surface area (Å²) < 4.78 is 1.25. The molecule has 1 unspecified atom stereocenters. The Morgan fingerprint density at radius 1 is 1.41 bits per heavy atom. The monoisotopic (exact) mass is 314 g/mol. The normalized spacial score (nSPS) is 27.0. The molecule has 4 heteroatoms. The van der Waals surface area contributed by atoms with Gasteiger partial charge in [-0.3, -0.25) is 4.90 Å². The minimum absolute atomic E-state index is 0.751. The average molecular weight is 315 g/mol. The van der Waals surface area contributed by atoms with Gasteiger partial charge >= 0.3 is 0 Å². The van der Waals surface area contributed by atoms with Crippen LogP contribution in [0.15, 0.2) is 15.9 Å². The number of nitrogens with one attached hydrogen (secondary N) is 1. The van der Waals surface area contributed by atoms with Crippen LogP contribution in [0.4, 0.5) is 0 Å². The molecule has 1 N–H and O–H groups in total. The number of nitrogens with zero attached hydrogens (tertiary/aromatic N) is 1. The van der Waals surface area contributed by atoms with Gasteiger partial charge in [0.1, 0.15) is 0 Å². The van der Waals surface area contributed by atoms with Crippen molar-refractivity contribution in [3.8, 4) is 0 Å². The van der Waals surface area contributed by atoms with Gasteiger partial charge in [-0.05, 0) is 66.3 Å². The Balaban J connectivity index is 1.60. The minimum Gasteiger partial charge on any atom is -0.312 e. The zero-order valence-electron chi connectivity index (χ0n) is 9.99. The maximum atomic E-state index is 3.72. The fraction of sp³-hybridized carbons (Fsp3) is 0.692. The zero-order valence-corrected chi connectivity index (χ0v) is 12.4. The lowest BCUT2D eigenvalue weighted by Crippen LogP contribution is -2.38. The van der Waals surface area contributed by atoms with Gasteiger partial charge in [-0.2, -0.15) is 0 Å².